The SMILES string of the molecule is COc1ccc(CN(CC(=O)C(C#N)=C2N(C)c3ccccc3N2C)C2CC2)cc1. The van der Waals surface area contributed by atoms with Crippen molar-refractivity contribution in [3.63, 3.8) is 0 Å². The quantitative estimate of drug-likeness (QED) is 0.521. The summed E-state index contributed by atoms with van der Waals surface area (Å²) in [5, 5.41) is 9.87. The van der Waals surface area contributed by atoms with Gasteiger partial charge in [-0.2, -0.15) is 5.26 Å². The van der Waals surface area contributed by atoms with E-state index in [4.69, 9.17) is 4.74 Å². The van der Waals surface area contributed by atoms with E-state index in [-0.39, 0.29) is 17.9 Å². The fourth-order valence-electron chi connectivity index (χ4n) is 4.04. The first-order valence-electron chi connectivity index (χ1n) is 10.1. The molecule has 1 aliphatic carbocycles. The fourth-order valence-corrected chi connectivity index (χ4v) is 4.04. The molecule has 1 fully saturated rings. The van der Waals surface area contributed by atoms with E-state index in [0.717, 1.165) is 35.5 Å². The molecule has 0 N–H and O–H groups in total. The zero-order valence-corrected chi connectivity index (χ0v) is 17.6. The maximum absolute atomic E-state index is 13.2. The van der Waals surface area contributed by atoms with Gasteiger partial charge in [0.05, 0.1) is 25.0 Å². The number of methoxy groups -OCH3 is 1. The zero-order valence-electron chi connectivity index (χ0n) is 17.6. The van der Waals surface area contributed by atoms with E-state index in [1.165, 1.54) is 0 Å². The number of carbonyl (C=O) groups is 1. The molecule has 0 spiro atoms. The van der Waals surface area contributed by atoms with Crippen LogP contribution in [0.2, 0.25) is 0 Å². The number of Topliss-reactive ketones (excluding diaryl/α,β-unsaturated/α-hetero) is 1. The number of fused-ring (bicyclic) bond motifs is 1. The molecule has 0 amide bonds. The molecule has 0 saturated heterocycles. The van der Waals surface area contributed by atoms with E-state index < -0.39 is 0 Å². The summed E-state index contributed by atoms with van der Waals surface area (Å²) in [6, 6.07) is 18.4. The summed E-state index contributed by atoms with van der Waals surface area (Å²) in [7, 11) is 5.45. The van der Waals surface area contributed by atoms with Crippen LogP contribution in [0.4, 0.5) is 11.4 Å². The molecule has 2 aromatic carbocycles. The van der Waals surface area contributed by atoms with Gasteiger partial charge in [-0.15, -0.1) is 0 Å². The molecule has 2 aliphatic rings. The van der Waals surface area contributed by atoms with Crippen molar-refractivity contribution in [2.45, 2.75) is 25.4 Å². The van der Waals surface area contributed by atoms with Crippen molar-refractivity contribution in [2.75, 3.05) is 37.5 Å². The molecule has 0 atom stereocenters. The highest BCUT2D eigenvalue weighted by Gasteiger charge is 2.34. The average molecular weight is 402 g/mol. The Hall–Kier alpha value is -3.30. The van der Waals surface area contributed by atoms with Gasteiger partial charge in [-0.25, -0.2) is 0 Å². The molecule has 154 valence electrons. The lowest BCUT2D eigenvalue weighted by Crippen LogP contribution is -2.34. The number of nitrogens with zero attached hydrogens (tertiary/aromatic N) is 4. The fraction of sp³-hybridized carbons (Fsp3) is 0.333. The minimum atomic E-state index is -0.139. The minimum Gasteiger partial charge on any atom is -0.497 e. The predicted octanol–water partition coefficient (Wildman–Crippen LogP) is 3.55. The molecule has 1 heterocycles. The van der Waals surface area contributed by atoms with Gasteiger partial charge in [0.1, 0.15) is 23.2 Å². The number of hydrogen-bond donors (Lipinski definition) is 0. The number of ether oxygens (including phenoxy) is 1. The van der Waals surface area contributed by atoms with Crippen LogP contribution in [0.1, 0.15) is 18.4 Å². The molecule has 0 unspecified atom stereocenters. The molecule has 4 rings (SSSR count). The number of para-hydroxylation sites is 2. The van der Waals surface area contributed by atoms with Crippen molar-refractivity contribution in [3.8, 4) is 11.8 Å². The third kappa shape index (κ3) is 3.77. The van der Waals surface area contributed by atoms with Crippen LogP contribution in [0.5, 0.6) is 5.75 Å². The summed E-state index contributed by atoms with van der Waals surface area (Å²) in [6.45, 7) is 0.918. The normalized spacial score (nSPS) is 15.2. The highest BCUT2D eigenvalue weighted by atomic mass is 16.5. The Morgan fingerprint density at radius 3 is 2.20 bits per heavy atom. The smallest absolute Gasteiger partial charge is 0.191 e. The van der Waals surface area contributed by atoms with Crippen molar-refractivity contribution in [3.05, 3.63) is 65.5 Å². The summed E-state index contributed by atoms with van der Waals surface area (Å²) in [6.07, 6.45) is 2.18. The Morgan fingerprint density at radius 1 is 1.10 bits per heavy atom. The van der Waals surface area contributed by atoms with Gasteiger partial charge >= 0.3 is 0 Å². The molecule has 0 radical (unpaired) electrons. The molecule has 1 aliphatic heterocycles. The van der Waals surface area contributed by atoms with E-state index in [1.807, 2.05) is 72.4 Å². The molecule has 1 saturated carbocycles. The van der Waals surface area contributed by atoms with Gasteiger partial charge in [-0.1, -0.05) is 24.3 Å². The van der Waals surface area contributed by atoms with Crippen molar-refractivity contribution in [1.82, 2.24) is 4.90 Å². The van der Waals surface area contributed by atoms with Crippen molar-refractivity contribution >= 4 is 17.2 Å². The van der Waals surface area contributed by atoms with Crippen LogP contribution < -0.4 is 14.5 Å². The lowest BCUT2D eigenvalue weighted by Gasteiger charge is -2.23. The largest absolute Gasteiger partial charge is 0.497 e. The highest BCUT2D eigenvalue weighted by molar-refractivity contribution is 6.03. The van der Waals surface area contributed by atoms with Crippen LogP contribution in [-0.4, -0.2) is 44.5 Å². The van der Waals surface area contributed by atoms with Gasteiger partial charge in [0.25, 0.3) is 0 Å². The Kier molecular flexibility index (Phi) is 5.47. The minimum absolute atomic E-state index is 0.139. The second-order valence-corrected chi connectivity index (χ2v) is 7.82. The van der Waals surface area contributed by atoms with Crippen LogP contribution in [0, 0.1) is 11.3 Å². The van der Waals surface area contributed by atoms with Crippen LogP contribution in [-0.2, 0) is 11.3 Å². The lowest BCUT2D eigenvalue weighted by atomic mass is 10.1. The third-order valence-electron chi connectivity index (χ3n) is 5.81. The number of carbonyl (C=O) groups excluding carboxylic acids is 1. The van der Waals surface area contributed by atoms with Crippen molar-refractivity contribution in [1.29, 1.82) is 5.26 Å². The third-order valence-corrected chi connectivity index (χ3v) is 5.81. The van der Waals surface area contributed by atoms with Gasteiger partial charge in [-0.05, 0) is 42.7 Å². The van der Waals surface area contributed by atoms with Crippen LogP contribution in [0.15, 0.2) is 59.9 Å². The number of anilines is 2. The van der Waals surface area contributed by atoms with E-state index in [2.05, 4.69) is 11.0 Å². The van der Waals surface area contributed by atoms with E-state index in [9.17, 15) is 10.1 Å². The van der Waals surface area contributed by atoms with E-state index in [1.54, 1.807) is 7.11 Å². The van der Waals surface area contributed by atoms with Crippen LogP contribution >= 0.6 is 0 Å². The molecule has 0 bridgehead atoms. The summed E-state index contributed by atoms with van der Waals surface area (Å²) in [4.78, 5) is 19.3. The van der Waals surface area contributed by atoms with E-state index in [0.29, 0.717) is 18.4 Å². The van der Waals surface area contributed by atoms with Crippen molar-refractivity contribution in [2.24, 2.45) is 0 Å². The first kappa shape index (κ1) is 20.0. The van der Waals surface area contributed by atoms with Gasteiger partial charge in [0.2, 0.25) is 0 Å². The van der Waals surface area contributed by atoms with E-state index >= 15 is 0 Å². The summed E-state index contributed by atoms with van der Waals surface area (Å²) in [5.41, 5.74) is 3.32. The Bertz CT molecular complexity index is 987. The summed E-state index contributed by atoms with van der Waals surface area (Å²) < 4.78 is 5.23. The highest BCUT2D eigenvalue weighted by Crippen LogP contribution is 2.40. The first-order chi connectivity index (χ1) is 14.5. The Morgan fingerprint density at radius 2 is 1.70 bits per heavy atom. The average Bonchev–Trinajstić information content (AvgIpc) is 3.58. The molecular formula is C24H26N4O2. The molecule has 6 heteroatoms. The second kappa shape index (κ2) is 8.21. The predicted molar refractivity (Wildman–Crippen MR) is 117 cm³/mol. The maximum Gasteiger partial charge on any atom is 0.191 e. The van der Waals surface area contributed by atoms with Crippen LogP contribution in [0.3, 0.4) is 0 Å². The number of benzene rings is 2. The summed E-state index contributed by atoms with van der Waals surface area (Å²) in [5.74, 6) is 1.32. The topological polar surface area (TPSA) is 59.8 Å². The molecule has 6 nitrogen and oxygen atoms in total. The molecule has 2 aromatic rings. The Balaban J connectivity index is 1.56. The summed E-state index contributed by atoms with van der Waals surface area (Å²) >= 11 is 0. The van der Waals surface area contributed by atoms with Crippen LogP contribution in [0.25, 0.3) is 0 Å². The molecular weight excluding hydrogens is 376 g/mol. The second-order valence-electron chi connectivity index (χ2n) is 7.82. The number of rotatable bonds is 7. The maximum atomic E-state index is 13.2. The first-order valence-corrected chi connectivity index (χ1v) is 10.1. The standard InChI is InChI=1S/C24H26N4O2/c1-26-21-6-4-5-7-22(21)27(2)24(26)20(14-25)23(29)16-28(18-10-11-18)15-17-8-12-19(30-3)13-9-17/h4-9,12-13,18H,10-11,15-16H2,1-3H3. The number of ketones is 1. The van der Waals surface area contributed by atoms with Gasteiger partial charge in [-0.3, -0.25) is 9.69 Å². The Labute approximate surface area is 177 Å². The van der Waals surface area contributed by atoms with Gasteiger partial charge < -0.3 is 14.5 Å². The number of nitriles is 1. The monoisotopic (exact) mass is 402 g/mol. The number of hydrogen-bond acceptors (Lipinski definition) is 6. The molecule has 0 aromatic heterocycles. The zero-order chi connectivity index (χ0) is 21.3. The van der Waals surface area contributed by atoms with Gasteiger partial charge in [0.15, 0.2) is 5.78 Å². The van der Waals surface area contributed by atoms with Crippen molar-refractivity contribution < 1.29 is 9.53 Å². The lowest BCUT2D eigenvalue weighted by molar-refractivity contribution is -0.116. The molecule has 30 heavy (non-hydrogen) atoms. The van der Waals surface area contributed by atoms with Gasteiger partial charge in [0, 0.05) is 26.7 Å².